The number of halogens is 2. The van der Waals surface area contributed by atoms with Crippen LogP contribution in [-0.4, -0.2) is 84.5 Å². The Labute approximate surface area is 221 Å². The number of carbonyl (C=O) groups is 3. The van der Waals surface area contributed by atoms with E-state index in [4.69, 9.17) is 0 Å². The maximum atomic E-state index is 13.4. The van der Waals surface area contributed by atoms with Crippen molar-refractivity contribution in [3.63, 3.8) is 0 Å². The highest BCUT2D eigenvalue weighted by molar-refractivity contribution is 7.86. The maximum absolute atomic E-state index is 13.4. The monoisotopic (exact) mass is 555 g/mol. The van der Waals surface area contributed by atoms with Gasteiger partial charge in [-0.15, -0.1) is 0 Å². The van der Waals surface area contributed by atoms with Crippen LogP contribution in [-0.2, 0) is 37.1 Å². The van der Waals surface area contributed by atoms with Gasteiger partial charge in [0, 0.05) is 58.7 Å². The molecule has 3 saturated heterocycles. The molecular formula is C25H35F2N5O5S. The van der Waals surface area contributed by atoms with Crippen LogP contribution in [0.5, 0.6) is 0 Å². The fourth-order valence-corrected chi connectivity index (χ4v) is 7.07. The fraction of sp³-hybridized carbons (Fsp3) is 0.640. The molecule has 0 spiro atoms. The van der Waals surface area contributed by atoms with Crippen LogP contribution in [0.3, 0.4) is 0 Å². The van der Waals surface area contributed by atoms with Gasteiger partial charge in [-0.3, -0.25) is 14.4 Å². The summed E-state index contributed by atoms with van der Waals surface area (Å²) in [5.74, 6) is -4.23. The lowest BCUT2D eigenvalue weighted by molar-refractivity contribution is -0.142. The van der Waals surface area contributed by atoms with Crippen molar-refractivity contribution in [1.29, 1.82) is 0 Å². The minimum atomic E-state index is -3.75. The van der Waals surface area contributed by atoms with E-state index >= 15 is 0 Å². The average Bonchev–Trinajstić information content (AvgIpc) is 3.33. The molecule has 210 valence electrons. The van der Waals surface area contributed by atoms with E-state index < -0.39 is 28.1 Å². The Morgan fingerprint density at radius 1 is 1.00 bits per heavy atom. The molecule has 0 bridgehead atoms. The third-order valence-corrected chi connectivity index (χ3v) is 9.34. The highest BCUT2D eigenvalue weighted by atomic mass is 32.2. The van der Waals surface area contributed by atoms with Crippen LogP contribution in [0.25, 0.3) is 0 Å². The zero-order chi connectivity index (χ0) is 27.7. The molecule has 3 aliphatic heterocycles. The first kappa shape index (κ1) is 28.4. The second-order valence-electron chi connectivity index (χ2n) is 10.4. The molecule has 0 aliphatic carbocycles. The third-order valence-electron chi connectivity index (χ3n) is 7.41. The van der Waals surface area contributed by atoms with Crippen molar-refractivity contribution in [2.75, 3.05) is 32.7 Å². The molecule has 3 amide bonds. The van der Waals surface area contributed by atoms with E-state index in [0.717, 1.165) is 6.92 Å². The van der Waals surface area contributed by atoms with E-state index in [1.807, 2.05) is 0 Å². The Balaban J connectivity index is 1.32. The number of rotatable bonds is 8. The molecule has 13 heteroatoms. The lowest BCUT2D eigenvalue weighted by Gasteiger charge is -2.43. The van der Waals surface area contributed by atoms with Crippen LogP contribution in [0.4, 0.5) is 8.78 Å². The number of hydrogen-bond acceptors (Lipinski definition) is 5. The lowest BCUT2D eigenvalue weighted by atomic mass is 9.97. The highest BCUT2D eigenvalue weighted by Crippen LogP contribution is 2.29. The van der Waals surface area contributed by atoms with Gasteiger partial charge in [0.15, 0.2) is 0 Å². The molecule has 3 fully saturated rings. The lowest BCUT2D eigenvalue weighted by Crippen LogP contribution is -2.64. The molecule has 0 radical (unpaired) electrons. The summed E-state index contributed by atoms with van der Waals surface area (Å²) in [4.78, 5) is 39.1. The molecule has 38 heavy (non-hydrogen) atoms. The summed E-state index contributed by atoms with van der Waals surface area (Å²) in [6.07, 6.45) is 2.25. The normalized spacial score (nSPS) is 23.6. The number of nitrogens with one attached hydrogen (secondary N) is 2. The smallest absolute Gasteiger partial charge is 0.282 e. The molecule has 1 aromatic carbocycles. The van der Waals surface area contributed by atoms with Crippen molar-refractivity contribution < 1.29 is 31.6 Å². The molecule has 0 unspecified atom stereocenters. The van der Waals surface area contributed by atoms with Gasteiger partial charge >= 0.3 is 0 Å². The molecule has 2 atom stereocenters. The van der Waals surface area contributed by atoms with Crippen molar-refractivity contribution >= 4 is 27.9 Å². The number of nitrogens with zero attached hydrogens (tertiary/aromatic N) is 3. The average molecular weight is 556 g/mol. The molecule has 3 aliphatic rings. The predicted octanol–water partition coefficient (Wildman–Crippen LogP) is 1.18. The van der Waals surface area contributed by atoms with E-state index in [0.29, 0.717) is 44.3 Å². The molecule has 10 nitrogen and oxygen atoms in total. The van der Waals surface area contributed by atoms with Gasteiger partial charge in [0.05, 0.1) is 12.0 Å². The Morgan fingerprint density at radius 2 is 1.66 bits per heavy atom. The number of alkyl halides is 2. The van der Waals surface area contributed by atoms with Crippen LogP contribution in [0.15, 0.2) is 24.3 Å². The fourth-order valence-electron chi connectivity index (χ4n) is 5.28. The highest BCUT2D eigenvalue weighted by Gasteiger charge is 2.44. The van der Waals surface area contributed by atoms with Crippen molar-refractivity contribution in [2.45, 2.75) is 64.1 Å². The van der Waals surface area contributed by atoms with E-state index in [1.54, 1.807) is 4.90 Å². The first-order valence-corrected chi connectivity index (χ1v) is 14.3. The molecular weight excluding hydrogens is 520 g/mol. The summed E-state index contributed by atoms with van der Waals surface area (Å²) in [6.45, 7) is 3.57. The zero-order valence-electron chi connectivity index (χ0n) is 21.7. The van der Waals surface area contributed by atoms with Gasteiger partial charge in [-0.2, -0.15) is 17.0 Å². The standard InChI is InChI=1S/C25H35F2N5O5S/c1-17(33)29-21-15-31(16-21)38(36,37)30-11-3-5-19(14-30)24(35)32-12-4-6-22(32)23(34)28-13-18-7-9-20(10-8-18)25(2,26)27/h7-10,19,21-22H,3-6,11-16H2,1-2H3,(H,28,34)(H,29,33)/t19-,22+/m0/s1. The third kappa shape index (κ3) is 6.32. The number of amides is 3. The summed E-state index contributed by atoms with van der Waals surface area (Å²) < 4.78 is 55.6. The van der Waals surface area contributed by atoms with Gasteiger partial charge in [-0.25, -0.2) is 8.78 Å². The Kier molecular flexibility index (Phi) is 8.38. The maximum Gasteiger partial charge on any atom is 0.282 e. The molecule has 3 heterocycles. The van der Waals surface area contributed by atoms with Crippen LogP contribution < -0.4 is 10.6 Å². The number of likely N-dealkylation sites (tertiary alicyclic amines) is 1. The SMILES string of the molecule is CC(=O)NC1CN(S(=O)(=O)N2CCC[C@H](C(=O)N3CCC[C@@H]3C(=O)NCc3ccc(C(C)(F)F)cc3)C2)C1. The number of hydrogen-bond donors (Lipinski definition) is 2. The first-order chi connectivity index (χ1) is 17.9. The number of benzene rings is 1. The number of piperidine rings is 1. The van der Waals surface area contributed by atoms with Crippen molar-refractivity contribution in [1.82, 2.24) is 24.1 Å². The minimum absolute atomic E-state index is 0.0573. The van der Waals surface area contributed by atoms with Gasteiger partial charge in [-0.05, 0) is 31.2 Å². The van der Waals surface area contributed by atoms with E-state index in [2.05, 4.69) is 10.6 Å². The summed E-state index contributed by atoms with van der Waals surface area (Å²) in [5.41, 5.74) is 0.562. The predicted molar refractivity (Wildman–Crippen MR) is 135 cm³/mol. The van der Waals surface area contributed by atoms with Gasteiger partial charge < -0.3 is 15.5 Å². The minimum Gasteiger partial charge on any atom is -0.351 e. The van der Waals surface area contributed by atoms with E-state index in [1.165, 1.54) is 39.8 Å². The van der Waals surface area contributed by atoms with Gasteiger partial charge in [0.25, 0.3) is 16.1 Å². The topological polar surface area (TPSA) is 119 Å². The molecule has 4 rings (SSSR count). The van der Waals surface area contributed by atoms with Crippen molar-refractivity contribution in [3.8, 4) is 0 Å². The number of carbonyl (C=O) groups excluding carboxylic acids is 3. The Morgan fingerprint density at radius 3 is 2.29 bits per heavy atom. The van der Waals surface area contributed by atoms with Crippen LogP contribution in [0.1, 0.15) is 50.7 Å². The quantitative estimate of drug-likeness (QED) is 0.500. The zero-order valence-corrected chi connectivity index (χ0v) is 22.5. The van der Waals surface area contributed by atoms with Crippen molar-refractivity contribution in [2.24, 2.45) is 5.92 Å². The molecule has 0 saturated carbocycles. The van der Waals surface area contributed by atoms with Gasteiger partial charge in [-0.1, -0.05) is 24.3 Å². The Hall–Kier alpha value is -2.64. The summed E-state index contributed by atoms with van der Waals surface area (Å²) in [5, 5.41) is 5.50. The second-order valence-corrected chi connectivity index (χ2v) is 12.3. The summed E-state index contributed by atoms with van der Waals surface area (Å²) >= 11 is 0. The molecule has 0 aromatic heterocycles. The van der Waals surface area contributed by atoms with E-state index in [-0.39, 0.29) is 55.5 Å². The van der Waals surface area contributed by atoms with Crippen LogP contribution in [0, 0.1) is 5.92 Å². The summed E-state index contributed by atoms with van der Waals surface area (Å²) in [7, 11) is -3.75. The van der Waals surface area contributed by atoms with Gasteiger partial charge in [0.2, 0.25) is 17.7 Å². The first-order valence-electron chi connectivity index (χ1n) is 12.9. The molecule has 2 N–H and O–H groups in total. The summed E-state index contributed by atoms with van der Waals surface area (Å²) in [6, 6.07) is 4.88. The Bertz CT molecular complexity index is 1150. The van der Waals surface area contributed by atoms with Crippen LogP contribution in [0.2, 0.25) is 0 Å². The van der Waals surface area contributed by atoms with E-state index in [9.17, 15) is 31.6 Å². The van der Waals surface area contributed by atoms with Crippen LogP contribution >= 0.6 is 0 Å². The van der Waals surface area contributed by atoms with Gasteiger partial charge in [0.1, 0.15) is 6.04 Å². The van der Waals surface area contributed by atoms with Crippen molar-refractivity contribution in [3.05, 3.63) is 35.4 Å². The second kappa shape index (κ2) is 11.2. The largest absolute Gasteiger partial charge is 0.351 e. The molecule has 1 aromatic rings.